The summed E-state index contributed by atoms with van der Waals surface area (Å²) in [5.41, 5.74) is 8.40. The van der Waals surface area contributed by atoms with Crippen LogP contribution in [0.25, 0.3) is 0 Å². The van der Waals surface area contributed by atoms with Crippen LogP contribution in [-0.2, 0) is 0 Å². The van der Waals surface area contributed by atoms with Gasteiger partial charge in [-0.25, -0.2) is 0 Å². The Hall–Kier alpha value is -2.13. The maximum absolute atomic E-state index is 11.5. The Bertz CT molecular complexity index is 609. The standard InChI is InChI=1S/C17H18N2O/c18-17(20)14-9-5-4-8-13(14)16-11-10-15(19-16)12-6-2-1-3-7-12/h1-9,15-16,19H,10-11H2,(H2,18,20). The molecule has 3 nitrogen and oxygen atoms in total. The van der Waals surface area contributed by atoms with Gasteiger partial charge in [-0.1, -0.05) is 48.5 Å². The van der Waals surface area contributed by atoms with Crippen molar-refractivity contribution in [3.63, 3.8) is 0 Å². The highest BCUT2D eigenvalue weighted by Crippen LogP contribution is 2.35. The van der Waals surface area contributed by atoms with Crippen LogP contribution in [0.1, 0.15) is 46.4 Å². The highest BCUT2D eigenvalue weighted by Gasteiger charge is 2.27. The number of rotatable bonds is 3. The van der Waals surface area contributed by atoms with Crippen LogP contribution in [-0.4, -0.2) is 5.91 Å². The third-order valence-electron chi connectivity index (χ3n) is 3.95. The fraction of sp³-hybridized carbons (Fsp3) is 0.235. The van der Waals surface area contributed by atoms with Crippen molar-refractivity contribution in [3.8, 4) is 0 Å². The number of carbonyl (C=O) groups is 1. The summed E-state index contributed by atoms with van der Waals surface area (Å²) in [6.07, 6.45) is 2.09. The van der Waals surface area contributed by atoms with Gasteiger partial charge in [-0.15, -0.1) is 0 Å². The Morgan fingerprint density at radius 3 is 2.35 bits per heavy atom. The molecule has 1 saturated heterocycles. The highest BCUT2D eigenvalue weighted by atomic mass is 16.1. The Kier molecular flexibility index (Phi) is 3.52. The third kappa shape index (κ3) is 2.45. The summed E-state index contributed by atoms with van der Waals surface area (Å²) in [6.45, 7) is 0. The Labute approximate surface area is 118 Å². The topological polar surface area (TPSA) is 55.1 Å². The third-order valence-corrected chi connectivity index (χ3v) is 3.95. The van der Waals surface area contributed by atoms with Crippen molar-refractivity contribution in [2.24, 2.45) is 5.73 Å². The first kappa shape index (κ1) is 12.9. The van der Waals surface area contributed by atoms with Gasteiger partial charge in [0.2, 0.25) is 5.91 Å². The first-order valence-electron chi connectivity index (χ1n) is 6.95. The quantitative estimate of drug-likeness (QED) is 0.897. The van der Waals surface area contributed by atoms with Crippen LogP contribution in [0.5, 0.6) is 0 Å². The predicted octanol–water partition coefficient (Wildman–Crippen LogP) is 2.95. The molecule has 0 radical (unpaired) electrons. The zero-order chi connectivity index (χ0) is 13.9. The number of nitrogens with one attached hydrogen (secondary N) is 1. The van der Waals surface area contributed by atoms with Gasteiger partial charge >= 0.3 is 0 Å². The molecule has 1 amide bonds. The molecule has 0 spiro atoms. The van der Waals surface area contributed by atoms with Gasteiger partial charge in [-0.05, 0) is 30.0 Å². The maximum Gasteiger partial charge on any atom is 0.249 e. The van der Waals surface area contributed by atoms with E-state index < -0.39 is 0 Å². The van der Waals surface area contributed by atoms with Crippen LogP contribution in [0.15, 0.2) is 54.6 Å². The van der Waals surface area contributed by atoms with E-state index in [0.717, 1.165) is 18.4 Å². The molecule has 1 aliphatic heterocycles. The van der Waals surface area contributed by atoms with Crippen LogP contribution < -0.4 is 11.1 Å². The van der Waals surface area contributed by atoms with Crippen molar-refractivity contribution in [2.75, 3.05) is 0 Å². The monoisotopic (exact) mass is 266 g/mol. The molecule has 20 heavy (non-hydrogen) atoms. The zero-order valence-electron chi connectivity index (χ0n) is 11.3. The van der Waals surface area contributed by atoms with Crippen molar-refractivity contribution in [1.82, 2.24) is 5.32 Å². The van der Waals surface area contributed by atoms with E-state index in [1.807, 2.05) is 24.3 Å². The van der Waals surface area contributed by atoms with Crippen LogP contribution in [0.3, 0.4) is 0 Å². The number of hydrogen-bond acceptors (Lipinski definition) is 2. The molecule has 102 valence electrons. The second-order valence-electron chi connectivity index (χ2n) is 5.21. The minimum absolute atomic E-state index is 0.198. The molecular weight excluding hydrogens is 248 g/mol. The summed E-state index contributed by atoms with van der Waals surface area (Å²) in [5, 5.41) is 3.61. The largest absolute Gasteiger partial charge is 0.366 e. The van der Waals surface area contributed by atoms with Crippen molar-refractivity contribution in [2.45, 2.75) is 24.9 Å². The summed E-state index contributed by atoms with van der Waals surface area (Å²) in [7, 11) is 0. The van der Waals surface area contributed by atoms with Crippen molar-refractivity contribution in [1.29, 1.82) is 0 Å². The van der Waals surface area contributed by atoms with E-state index in [0.29, 0.717) is 11.6 Å². The normalized spacial score (nSPS) is 21.8. The van der Waals surface area contributed by atoms with Gasteiger partial charge in [0.25, 0.3) is 0 Å². The van der Waals surface area contributed by atoms with Crippen molar-refractivity contribution >= 4 is 5.91 Å². The minimum Gasteiger partial charge on any atom is -0.366 e. The van der Waals surface area contributed by atoms with Crippen LogP contribution in [0, 0.1) is 0 Å². The molecule has 3 heteroatoms. The lowest BCUT2D eigenvalue weighted by Gasteiger charge is -2.17. The molecular formula is C17H18N2O. The van der Waals surface area contributed by atoms with E-state index in [1.165, 1.54) is 5.56 Å². The van der Waals surface area contributed by atoms with E-state index >= 15 is 0 Å². The van der Waals surface area contributed by atoms with E-state index in [-0.39, 0.29) is 11.9 Å². The van der Waals surface area contributed by atoms with E-state index in [2.05, 4.69) is 29.6 Å². The fourth-order valence-electron chi connectivity index (χ4n) is 2.96. The lowest BCUT2D eigenvalue weighted by Crippen LogP contribution is -2.21. The zero-order valence-corrected chi connectivity index (χ0v) is 11.3. The summed E-state index contributed by atoms with van der Waals surface area (Å²) in [6, 6.07) is 18.6. The molecule has 3 rings (SSSR count). The molecule has 2 unspecified atom stereocenters. The van der Waals surface area contributed by atoms with Crippen molar-refractivity contribution in [3.05, 3.63) is 71.3 Å². The SMILES string of the molecule is NC(=O)c1ccccc1C1CCC(c2ccccc2)N1. The van der Waals surface area contributed by atoms with Crippen molar-refractivity contribution < 1.29 is 4.79 Å². The fourth-order valence-corrected chi connectivity index (χ4v) is 2.96. The average molecular weight is 266 g/mol. The number of carbonyl (C=O) groups excluding carboxylic acids is 1. The van der Waals surface area contributed by atoms with Gasteiger partial charge in [0.05, 0.1) is 0 Å². The van der Waals surface area contributed by atoms with Crippen LogP contribution >= 0.6 is 0 Å². The second kappa shape index (κ2) is 5.47. The van der Waals surface area contributed by atoms with E-state index in [4.69, 9.17) is 5.73 Å². The molecule has 1 fully saturated rings. The molecule has 2 atom stereocenters. The smallest absolute Gasteiger partial charge is 0.249 e. The lowest BCUT2D eigenvalue weighted by molar-refractivity contribution is 0.0999. The van der Waals surface area contributed by atoms with E-state index in [9.17, 15) is 4.79 Å². The summed E-state index contributed by atoms with van der Waals surface area (Å²) < 4.78 is 0. The summed E-state index contributed by atoms with van der Waals surface area (Å²) in [5.74, 6) is -0.356. The first-order chi connectivity index (χ1) is 9.75. The van der Waals surface area contributed by atoms with Gasteiger partial charge in [0.1, 0.15) is 0 Å². The Morgan fingerprint density at radius 2 is 1.60 bits per heavy atom. The highest BCUT2D eigenvalue weighted by molar-refractivity contribution is 5.94. The second-order valence-corrected chi connectivity index (χ2v) is 5.21. The molecule has 2 aromatic rings. The molecule has 2 aromatic carbocycles. The lowest BCUT2D eigenvalue weighted by atomic mass is 9.98. The van der Waals surface area contributed by atoms with Gasteiger partial charge in [-0.3, -0.25) is 4.79 Å². The molecule has 1 heterocycles. The minimum atomic E-state index is -0.356. The number of amides is 1. The number of nitrogens with two attached hydrogens (primary N) is 1. The summed E-state index contributed by atoms with van der Waals surface area (Å²) >= 11 is 0. The Morgan fingerprint density at radius 1 is 0.950 bits per heavy atom. The average Bonchev–Trinajstić information content (AvgIpc) is 2.98. The number of primary amides is 1. The van der Waals surface area contributed by atoms with Crippen LogP contribution in [0.4, 0.5) is 0 Å². The molecule has 1 aliphatic rings. The predicted molar refractivity (Wildman–Crippen MR) is 79.3 cm³/mol. The molecule has 0 bridgehead atoms. The van der Waals surface area contributed by atoms with Gasteiger partial charge in [0.15, 0.2) is 0 Å². The maximum atomic E-state index is 11.5. The molecule has 3 N–H and O–H groups in total. The number of hydrogen-bond donors (Lipinski definition) is 2. The van der Waals surface area contributed by atoms with Crippen LogP contribution in [0.2, 0.25) is 0 Å². The van der Waals surface area contributed by atoms with Gasteiger partial charge in [0, 0.05) is 17.6 Å². The molecule has 0 saturated carbocycles. The molecule has 0 aliphatic carbocycles. The first-order valence-corrected chi connectivity index (χ1v) is 6.95. The van der Waals surface area contributed by atoms with Gasteiger partial charge < -0.3 is 11.1 Å². The van der Waals surface area contributed by atoms with E-state index in [1.54, 1.807) is 6.07 Å². The number of benzene rings is 2. The Balaban J connectivity index is 1.83. The van der Waals surface area contributed by atoms with Gasteiger partial charge in [-0.2, -0.15) is 0 Å². The molecule has 0 aromatic heterocycles. The summed E-state index contributed by atoms with van der Waals surface area (Å²) in [4.78, 5) is 11.5.